The van der Waals surface area contributed by atoms with Crippen LogP contribution in [0, 0.1) is 5.92 Å². The number of rotatable bonds is 2. The van der Waals surface area contributed by atoms with Crippen molar-refractivity contribution in [2.75, 3.05) is 13.1 Å². The Hall–Kier alpha value is -0.0400. The summed E-state index contributed by atoms with van der Waals surface area (Å²) >= 11 is 0. The lowest BCUT2D eigenvalue weighted by Gasteiger charge is -2.37. The van der Waals surface area contributed by atoms with Crippen molar-refractivity contribution in [3.05, 3.63) is 0 Å². The molecule has 0 saturated carbocycles. The van der Waals surface area contributed by atoms with Gasteiger partial charge in [0.25, 0.3) is 0 Å². The minimum absolute atomic E-state index is 0.843. The van der Waals surface area contributed by atoms with Crippen LogP contribution in [0.4, 0.5) is 0 Å². The zero-order valence-electron chi connectivity index (χ0n) is 8.14. The van der Waals surface area contributed by atoms with Gasteiger partial charge in [-0.25, -0.2) is 0 Å². The Labute approximate surface area is 70.8 Å². The topological polar surface area (TPSA) is 3.24 Å². The Bertz CT molecular complexity index is 109. The van der Waals surface area contributed by atoms with Gasteiger partial charge in [0.2, 0.25) is 0 Å². The molecule has 1 unspecified atom stereocenters. The normalized spacial score (nSPS) is 27.8. The van der Waals surface area contributed by atoms with Crippen LogP contribution in [0.5, 0.6) is 0 Å². The van der Waals surface area contributed by atoms with Gasteiger partial charge in [0.15, 0.2) is 0 Å². The lowest BCUT2D eigenvalue weighted by molar-refractivity contribution is 0.119. The largest absolute Gasteiger partial charge is 0.300 e. The van der Waals surface area contributed by atoms with E-state index in [0.29, 0.717) is 0 Å². The molecule has 0 bridgehead atoms. The first-order valence-corrected chi connectivity index (χ1v) is 4.99. The van der Waals surface area contributed by atoms with Crippen LogP contribution in [-0.2, 0) is 0 Å². The first-order valence-electron chi connectivity index (χ1n) is 4.99. The van der Waals surface area contributed by atoms with Crippen LogP contribution < -0.4 is 0 Å². The molecule has 0 N–H and O–H groups in total. The second kappa shape index (κ2) is 4.10. The SMILES string of the molecule is CCN1CCCCC1C(C)C. The molecule has 0 radical (unpaired) electrons. The van der Waals surface area contributed by atoms with Gasteiger partial charge in [-0.15, -0.1) is 0 Å². The fraction of sp³-hybridized carbons (Fsp3) is 1.00. The minimum Gasteiger partial charge on any atom is -0.300 e. The summed E-state index contributed by atoms with van der Waals surface area (Å²) in [7, 11) is 0. The summed E-state index contributed by atoms with van der Waals surface area (Å²) in [5.41, 5.74) is 0. The fourth-order valence-corrected chi connectivity index (χ4v) is 2.16. The van der Waals surface area contributed by atoms with Gasteiger partial charge in [-0.3, -0.25) is 0 Å². The van der Waals surface area contributed by atoms with Crippen LogP contribution in [-0.4, -0.2) is 24.0 Å². The van der Waals surface area contributed by atoms with Crippen molar-refractivity contribution in [1.82, 2.24) is 4.90 Å². The standard InChI is InChI=1S/C10H21N/c1-4-11-8-6-5-7-10(11)9(2)3/h9-10H,4-8H2,1-3H3. The van der Waals surface area contributed by atoms with Crippen molar-refractivity contribution in [2.45, 2.75) is 46.1 Å². The Morgan fingerprint density at radius 3 is 2.55 bits per heavy atom. The van der Waals surface area contributed by atoms with Gasteiger partial charge >= 0.3 is 0 Å². The highest BCUT2D eigenvalue weighted by atomic mass is 15.2. The minimum atomic E-state index is 0.843. The maximum Gasteiger partial charge on any atom is 0.0118 e. The van der Waals surface area contributed by atoms with E-state index in [-0.39, 0.29) is 0 Å². The molecule has 66 valence electrons. The van der Waals surface area contributed by atoms with Crippen LogP contribution in [0.25, 0.3) is 0 Å². The summed E-state index contributed by atoms with van der Waals surface area (Å²) in [5, 5.41) is 0. The van der Waals surface area contributed by atoms with Crippen LogP contribution in [0.1, 0.15) is 40.0 Å². The Morgan fingerprint density at radius 2 is 2.09 bits per heavy atom. The summed E-state index contributed by atoms with van der Waals surface area (Å²) in [5.74, 6) is 0.843. The van der Waals surface area contributed by atoms with Gasteiger partial charge in [0.1, 0.15) is 0 Å². The highest BCUT2D eigenvalue weighted by Crippen LogP contribution is 2.22. The number of hydrogen-bond donors (Lipinski definition) is 0. The van der Waals surface area contributed by atoms with E-state index in [4.69, 9.17) is 0 Å². The van der Waals surface area contributed by atoms with Gasteiger partial charge in [0, 0.05) is 6.04 Å². The second-order valence-corrected chi connectivity index (χ2v) is 3.94. The number of nitrogens with zero attached hydrogens (tertiary/aromatic N) is 1. The number of hydrogen-bond acceptors (Lipinski definition) is 1. The van der Waals surface area contributed by atoms with Gasteiger partial charge in [-0.05, 0) is 31.8 Å². The Balaban J connectivity index is 2.44. The molecule has 1 rings (SSSR count). The van der Waals surface area contributed by atoms with E-state index in [1.807, 2.05) is 0 Å². The zero-order chi connectivity index (χ0) is 8.27. The summed E-state index contributed by atoms with van der Waals surface area (Å²) in [6, 6.07) is 0.869. The highest BCUT2D eigenvalue weighted by Gasteiger charge is 2.22. The molecule has 0 amide bonds. The van der Waals surface area contributed by atoms with E-state index in [0.717, 1.165) is 12.0 Å². The summed E-state index contributed by atoms with van der Waals surface area (Å²) in [4.78, 5) is 2.63. The first kappa shape index (κ1) is 9.05. The van der Waals surface area contributed by atoms with E-state index in [1.54, 1.807) is 0 Å². The van der Waals surface area contributed by atoms with Crippen molar-refractivity contribution < 1.29 is 0 Å². The third kappa shape index (κ3) is 2.19. The average Bonchev–Trinajstić information content (AvgIpc) is 2.04. The van der Waals surface area contributed by atoms with Crippen molar-refractivity contribution >= 4 is 0 Å². The molecule has 1 nitrogen and oxygen atoms in total. The highest BCUT2D eigenvalue weighted by molar-refractivity contribution is 4.78. The van der Waals surface area contributed by atoms with Crippen LogP contribution >= 0.6 is 0 Å². The van der Waals surface area contributed by atoms with Crippen molar-refractivity contribution in [2.24, 2.45) is 5.92 Å². The van der Waals surface area contributed by atoms with Gasteiger partial charge in [-0.1, -0.05) is 27.2 Å². The molecule has 1 saturated heterocycles. The Morgan fingerprint density at radius 1 is 1.36 bits per heavy atom. The quantitative estimate of drug-likeness (QED) is 0.592. The van der Waals surface area contributed by atoms with E-state index in [9.17, 15) is 0 Å². The second-order valence-electron chi connectivity index (χ2n) is 3.94. The smallest absolute Gasteiger partial charge is 0.0118 e. The van der Waals surface area contributed by atoms with Crippen molar-refractivity contribution in [3.63, 3.8) is 0 Å². The number of piperidine rings is 1. The lowest BCUT2D eigenvalue weighted by Crippen LogP contribution is -2.42. The van der Waals surface area contributed by atoms with Crippen molar-refractivity contribution in [3.8, 4) is 0 Å². The van der Waals surface area contributed by atoms with E-state index in [1.165, 1.54) is 32.4 Å². The summed E-state index contributed by atoms with van der Waals surface area (Å²) in [6.07, 6.45) is 4.28. The van der Waals surface area contributed by atoms with Crippen LogP contribution in [0.3, 0.4) is 0 Å². The molecule has 1 aliphatic rings. The first-order chi connectivity index (χ1) is 5.25. The fourth-order valence-electron chi connectivity index (χ4n) is 2.16. The van der Waals surface area contributed by atoms with Crippen LogP contribution in [0.2, 0.25) is 0 Å². The summed E-state index contributed by atoms with van der Waals surface area (Å²) in [6.45, 7) is 9.54. The van der Waals surface area contributed by atoms with Gasteiger partial charge in [-0.2, -0.15) is 0 Å². The van der Waals surface area contributed by atoms with Crippen molar-refractivity contribution in [1.29, 1.82) is 0 Å². The van der Waals surface area contributed by atoms with E-state index in [2.05, 4.69) is 25.7 Å². The van der Waals surface area contributed by atoms with Gasteiger partial charge < -0.3 is 4.90 Å². The van der Waals surface area contributed by atoms with E-state index < -0.39 is 0 Å². The predicted octanol–water partition coefficient (Wildman–Crippen LogP) is 2.52. The van der Waals surface area contributed by atoms with Crippen LogP contribution in [0.15, 0.2) is 0 Å². The molecule has 1 heteroatoms. The molecule has 0 aromatic carbocycles. The molecule has 1 atom stereocenters. The monoisotopic (exact) mass is 155 g/mol. The molecule has 1 aliphatic heterocycles. The lowest BCUT2D eigenvalue weighted by atomic mass is 9.93. The summed E-state index contributed by atoms with van der Waals surface area (Å²) < 4.78 is 0. The molecule has 1 heterocycles. The Kier molecular flexibility index (Phi) is 3.38. The molecule has 0 aromatic heterocycles. The molecular weight excluding hydrogens is 134 g/mol. The maximum absolute atomic E-state index is 2.63. The zero-order valence-corrected chi connectivity index (χ0v) is 8.14. The molecule has 0 aliphatic carbocycles. The number of likely N-dealkylation sites (tertiary alicyclic amines) is 1. The molecule has 0 aromatic rings. The average molecular weight is 155 g/mol. The predicted molar refractivity (Wildman–Crippen MR) is 49.7 cm³/mol. The third-order valence-corrected chi connectivity index (χ3v) is 2.84. The molecule has 0 spiro atoms. The van der Waals surface area contributed by atoms with Gasteiger partial charge in [0.05, 0.1) is 0 Å². The third-order valence-electron chi connectivity index (χ3n) is 2.84. The maximum atomic E-state index is 2.63. The molecular formula is C10H21N. The molecule has 1 fully saturated rings. The molecule has 11 heavy (non-hydrogen) atoms. The van der Waals surface area contributed by atoms with E-state index >= 15 is 0 Å².